The second kappa shape index (κ2) is 6.17. The Morgan fingerprint density at radius 3 is 2.43 bits per heavy atom. The fraction of sp³-hybridized carbons (Fsp3) is 0.364. The van der Waals surface area contributed by atoms with Gasteiger partial charge in [0.25, 0.3) is 5.92 Å². The first-order valence-electron chi connectivity index (χ1n) is 9.64. The van der Waals surface area contributed by atoms with Gasteiger partial charge in [-0.2, -0.15) is 0 Å². The average molecular weight is 451 g/mol. The molecule has 2 aromatic carbocycles. The lowest BCUT2D eigenvalue weighted by Gasteiger charge is -2.48. The number of hydrogen-bond acceptors (Lipinski definition) is 2. The number of hydrogen-bond donors (Lipinski definition) is 2. The van der Waals surface area contributed by atoms with Gasteiger partial charge in [-0.3, -0.25) is 9.59 Å². The summed E-state index contributed by atoms with van der Waals surface area (Å²) in [5, 5.41) is 6.46. The van der Waals surface area contributed by atoms with Crippen molar-refractivity contribution < 1.29 is 18.4 Å². The smallest absolute Gasteiger partial charge is 0.256 e. The van der Waals surface area contributed by atoms with E-state index < -0.39 is 41.0 Å². The van der Waals surface area contributed by atoms with Gasteiger partial charge in [0, 0.05) is 34.5 Å². The molecule has 1 spiro atoms. The van der Waals surface area contributed by atoms with Crippen LogP contribution in [0.4, 0.5) is 14.5 Å². The van der Waals surface area contributed by atoms with E-state index in [0.717, 1.165) is 0 Å². The number of carbonyl (C=O) groups is 2. The second-order valence-electron chi connectivity index (χ2n) is 8.62. The van der Waals surface area contributed by atoms with Crippen molar-refractivity contribution in [2.45, 2.75) is 43.1 Å². The molecule has 0 bridgehead atoms. The number of piperidine rings is 1. The van der Waals surface area contributed by atoms with E-state index in [-0.39, 0.29) is 12.3 Å². The highest BCUT2D eigenvalue weighted by Gasteiger charge is 2.78. The summed E-state index contributed by atoms with van der Waals surface area (Å²) in [6.45, 7) is 1.43. The molecule has 2 aromatic rings. The molecule has 5 rings (SSSR count). The first-order valence-corrected chi connectivity index (χ1v) is 10.4. The van der Waals surface area contributed by atoms with E-state index in [1.54, 1.807) is 42.5 Å². The van der Waals surface area contributed by atoms with Crippen molar-refractivity contribution in [1.29, 1.82) is 0 Å². The van der Waals surface area contributed by atoms with Crippen LogP contribution in [0.2, 0.25) is 10.0 Å². The van der Waals surface area contributed by atoms with Gasteiger partial charge in [0.15, 0.2) is 0 Å². The number of alkyl halides is 2. The van der Waals surface area contributed by atoms with E-state index in [9.17, 15) is 18.4 Å². The Morgan fingerprint density at radius 2 is 1.77 bits per heavy atom. The summed E-state index contributed by atoms with van der Waals surface area (Å²) in [5.41, 5.74) is -1.25. The summed E-state index contributed by atoms with van der Waals surface area (Å²) >= 11 is 12.3. The van der Waals surface area contributed by atoms with Gasteiger partial charge in [0.1, 0.15) is 5.41 Å². The minimum atomic E-state index is -2.98. The van der Waals surface area contributed by atoms with E-state index in [1.807, 2.05) is 0 Å². The molecule has 156 valence electrons. The molecule has 30 heavy (non-hydrogen) atoms. The summed E-state index contributed by atoms with van der Waals surface area (Å²) in [5.74, 6) is -4.43. The largest absolute Gasteiger partial charge is 0.351 e. The Morgan fingerprint density at radius 1 is 1.07 bits per heavy atom. The number of amides is 2. The van der Waals surface area contributed by atoms with Gasteiger partial charge in [-0.1, -0.05) is 48.3 Å². The molecule has 2 amide bonds. The highest BCUT2D eigenvalue weighted by molar-refractivity contribution is 6.31. The van der Waals surface area contributed by atoms with Crippen molar-refractivity contribution in [3.8, 4) is 0 Å². The van der Waals surface area contributed by atoms with Gasteiger partial charge in [-0.25, -0.2) is 8.78 Å². The first-order chi connectivity index (χ1) is 14.1. The van der Waals surface area contributed by atoms with Crippen LogP contribution in [0.3, 0.4) is 0 Å². The Bertz CT molecular complexity index is 1110. The summed E-state index contributed by atoms with van der Waals surface area (Å²) in [4.78, 5) is 26.3. The zero-order chi connectivity index (χ0) is 21.5. The van der Waals surface area contributed by atoms with Crippen LogP contribution in [0, 0.1) is 5.41 Å². The van der Waals surface area contributed by atoms with Gasteiger partial charge in [-0.15, -0.1) is 0 Å². The number of halogens is 4. The Labute approximate surface area is 181 Å². The molecule has 0 aromatic heterocycles. The highest BCUT2D eigenvalue weighted by atomic mass is 35.5. The van der Waals surface area contributed by atoms with Gasteiger partial charge >= 0.3 is 0 Å². The maximum absolute atomic E-state index is 14.6. The first kappa shape index (κ1) is 19.8. The second-order valence-corrected chi connectivity index (χ2v) is 9.50. The van der Waals surface area contributed by atoms with Gasteiger partial charge in [-0.05, 0) is 35.4 Å². The fourth-order valence-corrected chi connectivity index (χ4v) is 5.71. The molecule has 8 heteroatoms. The van der Waals surface area contributed by atoms with Crippen molar-refractivity contribution in [1.82, 2.24) is 5.32 Å². The van der Waals surface area contributed by atoms with Crippen LogP contribution in [0.5, 0.6) is 0 Å². The average Bonchev–Trinajstić information content (AvgIpc) is 3.06. The van der Waals surface area contributed by atoms with Crippen molar-refractivity contribution in [2.75, 3.05) is 5.32 Å². The molecule has 1 aliphatic carbocycles. The Hall–Kier alpha value is -2.18. The number of anilines is 1. The lowest BCUT2D eigenvalue weighted by Crippen LogP contribution is -2.65. The molecule has 4 nitrogen and oxygen atoms in total. The Balaban J connectivity index is 1.79. The summed E-state index contributed by atoms with van der Waals surface area (Å²) in [7, 11) is 0. The molecular weight excluding hydrogens is 433 g/mol. The van der Waals surface area contributed by atoms with E-state index in [0.29, 0.717) is 26.9 Å². The number of nitrogens with one attached hydrogen (secondary N) is 2. The van der Waals surface area contributed by atoms with Crippen molar-refractivity contribution in [3.05, 3.63) is 63.6 Å². The third kappa shape index (κ3) is 2.50. The molecule has 2 heterocycles. The molecule has 2 aliphatic heterocycles. The summed E-state index contributed by atoms with van der Waals surface area (Å²) in [6.07, 6.45) is -0.418. The summed E-state index contributed by atoms with van der Waals surface area (Å²) < 4.78 is 29.1. The van der Waals surface area contributed by atoms with Crippen LogP contribution in [0.1, 0.15) is 36.8 Å². The standard InChI is InChI=1S/C22H18Cl2F2N2O2/c1-20(10-21(20,25)26)18-22(14-6-5-13(24)8-16(14)27-19(22)30)15(9-17(29)28-18)11-3-2-4-12(23)7-11/h2-8,15,18H,9-10H2,1H3,(H,27,30)(H,28,29)/t15-,18-,20-,22-/m0/s1. The Kier molecular flexibility index (Phi) is 4.07. The number of benzene rings is 2. The van der Waals surface area contributed by atoms with Crippen molar-refractivity contribution in [3.63, 3.8) is 0 Å². The molecule has 1 saturated carbocycles. The molecule has 2 fully saturated rings. The summed E-state index contributed by atoms with van der Waals surface area (Å²) in [6, 6.07) is 10.7. The topological polar surface area (TPSA) is 58.2 Å². The lowest BCUT2D eigenvalue weighted by atomic mass is 9.57. The van der Waals surface area contributed by atoms with Crippen LogP contribution >= 0.6 is 23.2 Å². The predicted octanol–water partition coefficient (Wildman–Crippen LogP) is 4.90. The molecule has 4 atom stereocenters. The SMILES string of the molecule is C[C@@]1([C@@H]2NC(=O)C[C@@H](c3cccc(Cl)c3)[C@]23C(=O)Nc2cc(Cl)ccc23)CC1(F)F. The minimum absolute atomic E-state index is 0.0199. The molecule has 1 saturated heterocycles. The fourth-order valence-electron chi connectivity index (χ4n) is 5.34. The molecular formula is C22H18Cl2F2N2O2. The van der Waals surface area contributed by atoms with E-state index in [1.165, 1.54) is 6.92 Å². The van der Waals surface area contributed by atoms with Crippen LogP contribution in [0.15, 0.2) is 42.5 Å². The van der Waals surface area contributed by atoms with Crippen molar-refractivity contribution >= 4 is 40.7 Å². The zero-order valence-electron chi connectivity index (χ0n) is 15.9. The lowest BCUT2D eigenvalue weighted by molar-refractivity contribution is -0.134. The molecule has 2 N–H and O–H groups in total. The third-order valence-electron chi connectivity index (χ3n) is 6.94. The van der Waals surface area contributed by atoms with Gasteiger partial charge < -0.3 is 10.6 Å². The van der Waals surface area contributed by atoms with E-state index in [2.05, 4.69) is 10.6 Å². The van der Waals surface area contributed by atoms with Crippen molar-refractivity contribution in [2.24, 2.45) is 5.41 Å². The minimum Gasteiger partial charge on any atom is -0.351 e. The number of rotatable bonds is 2. The molecule has 0 radical (unpaired) electrons. The maximum Gasteiger partial charge on any atom is 0.256 e. The maximum atomic E-state index is 14.6. The quantitative estimate of drug-likeness (QED) is 0.683. The van der Waals surface area contributed by atoms with E-state index >= 15 is 0 Å². The predicted molar refractivity (Wildman–Crippen MR) is 110 cm³/mol. The third-order valence-corrected chi connectivity index (χ3v) is 7.41. The highest BCUT2D eigenvalue weighted by Crippen LogP contribution is 2.68. The van der Waals surface area contributed by atoms with Crippen LogP contribution in [-0.4, -0.2) is 23.8 Å². The number of fused-ring (bicyclic) bond motifs is 2. The monoisotopic (exact) mass is 450 g/mol. The van der Waals surface area contributed by atoms with Crippen LogP contribution < -0.4 is 10.6 Å². The number of carbonyl (C=O) groups excluding carboxylic acids is 2. The van der Waals surface area contributed by atoms with Crippen LogP contribution in [-0.2, 0) is 15.0 Å². The van der Waals surface area contributed by atoms with Gasteiger partial charge in [0.2, 0.25) is 11.8 Å². The zero-order valence-corrected chi connectivity index (χ0v) is 17.5. The van der Waals surface area contributed by atoms with Crippen LogP contribution in [0.25, 0.3) is 0 Å². The van der Waals surface area contributed by atoms with Gasteiger partial charge in [0.05, 0.1) is 11.5 Å². The normalized spacial score (nSPS) is 33.8. The van der Waals surface area contributed by atoms with E-state index in [4.69, 9.17) is 23.2 Å². The molecule has 0 unspecified atom stereocenters. The molecule has 3 aliphatic rings.